The van der Waals surface area contributed by atoms with Gasteiger partial charge in [0.05, 0.1) is 19.1 Å². The highest BCUT2D eigenvalue weighted by atomic mass is 16.5. The van der Waals surface area contributed by atoms with E-state index in [1.165, 1.54) is 0 Å². The van der Waals surface area contributed by atoms with Gasteiger partial charge in [0.1, 0.15) is 0 Å². The summed E-state index contributed by atoms with van der Waals surface area (Å²) in [5.41, 5.74) is -0.524. The lowest BCUT2D eigenvalue weighted by Gasteiger charge is -2.29. The third kappa shape index (κ3) is 6.26. The van der Waals surface area contributed by atoms with E-state index in [-0.39, 0.29) is 24.8 Å². The molecule has 17 heavy (non-hydrogen) atoms. The zero-order valence-corrected chi connectivity index (χ0v) is 11.3. The molecule has 0 aromatic rings. The van der Waals surface area contributed by atoms with Crippen LogP contribution in [-0.4, -0.2) is 48.7 Å². The molecule has 0 saturated carbocycles. The molecule has 0 aliphatic heterocycles. The van der Waals surface area contributed by atoms with Gasteiger partial charge in [-0.15, -0.1) is 0 Å². The Morgan fingerprint density at radius 3 is 2.29 bits per heavy atom. The van der Waals surface area contributed by atoms with Gasteiger partial charge in [-0.3, -0.25) is 9.59 Å². The van der Waals surface area contributed by atoms with Crippen LogP contribution in [0, 0.1) is 5.41 Å². The van der Waals surface area contributed by atoms with Crippen molar-refractivity contribution >= 4 is 11.9 Å². The molecule has 0 rings (SSSR count). The lowest BCUT2D eigenvalue weighted by atomic mass is 9.85. The molecule has 0 aliphatic rings. The molecule has 0 fully saturated rings. The quantitative estimate of drug-likeness (QED) is 0.735. The molecule has 0 aromatic heterocycles. The van der Waals surface area contributed by atoms with Crippen molar-refractivity contribution in [2.45, 2.75) is 39.7 Å². The maximum absolute atomic E-state index is 11.9. The number of aliphatic carboxylic acids is 1. The van der Waals surface area contributed by atoms with E-state index in [0.717, 1.165) is 0 Å². The monoisotopic (exact) mass is 245 g/mol. The maximum atomic E-state index is 11.9. The van der Waals surface area contributed by atoms with Crippen LogP contribution in [0.3, 0.4) is 0 Å². The highest BCUT2D eigenvalue weighted by molar-refractivity contribution is 5.78. The lowest BCUT2D eigenvalue weighted by molar-refractivity contribution is -0.141. The van der Waals surface area contributed by atoms with Crippen molar-refractivity contribution in [1.29, 1.82) is 0 Å². The smallest absolute Gasteiger partial charge is 0.303 e. The van der Waals surface area contributed by atoms with Gasteiger partial charge in [-0.2, -0.15) is 0 Å². The van der Waals surface area contributed by atoms with E-state index in [0.29, 0.717) is 6.61 Å². The van der Waals surface area contributed by atoms with Crippen molar-refractivity contribution in [3.8, 4) is 0 Å². The van der Waals surface area contributed by atoms with Gasteiger partial charge in [0.2, 0.25) is 5.91 Å². The minimum Gasteiger partial charge on any atom is -0.481 e. The Morgan fingerprint density at radius 1 is 1.35 bits per heavy atom. The first-order chi connectivity index (χ1) is 7.69. The number of carboxylic acid groups (broad SMARTS) is 1. The minimum atomic E-state index is -0.879. The number of rotatable bonds is 7. The zero-order valence-electron chi connectivity index (χ0n) is 11.3. The minimum absolute atomic E-state index is 0.00636. The molecule has 0 bridgehead atoms. The lowest BCUT2D eigenvalue weighted by Crippen LogP contribution is -2.40. The average Bonchev–Trinajstić information content (AvgIpc) is 2.13. The van der Waals surface area contributed by atoms with E-state index in [1.54, 1.807) is 32.9 Å². The number of nitrogens with zero attached hydrogens (tertiary/aromatic N) is 1. The summed E-state index contributed by atoms with van der Waals surface area (Å²) in [5, 5.41) is 8.75. The molecule has 0 saturated heterocycles. The third-order valence-electron chi connectivity index (χ3n) is 2.72. The zero-order chi connectivity index (χ0) is 13.6. The van der Waals surface area contributed by atoms with Crippen LogP contribution in [0.15, 0.2) is 0 Å². The number of likely N-dealkylation sites (N-methyl/N-ethyl adjacent to an activating group) is 1. The first-order valence-electron chi connectivity index (χ1n) is 5.66. The molecule has 0 heterocycles. The van der Waals surface area contributed by atoms with Crippen molar-refractivity contribution < 1.29 is 19.4 Å². The Morgan fingerprint density at radius 2 is 1.88 bits per heavy atom. The number of carbonyl (C=O) groups is 2. The predicted molar refractivity (Wildman–Crippen MR) is 64.8 cm³/mol. The fourth-order valence-corrected chi connectivity index (χ4v) is 1.60. The second-order valence-electron chi connectivity index (χ2n) is 5.22. The van der Waals surface area contributed by atoms with Crippen LogP contribution >= 0.6 is 0 Å². The van der Waals surface area contributed by atoms with Gasteiger partial charge >= 0.3 is 5.97 Å². The largest absolute Gasteiger partial charge is 0.481 e. The van der Waals surface area contributed by atoms with Crippen molar-refractivity contribution in [3.63, 3.8) is 0 Å². The first-order valence-corrected chi connectivity index (χ1v) is 5.66. The van der Waals surface area contributed by atoms with E-state index in [9.17, 15) is 9.59 Å². The Kier molecular flexibility index (Phi) is 6.16. The van der Waals surface area contributed by atoms with Crippen LogP contribution in [-0.2, 0) is 14.3 Å². The van der Waals surface area contributed by atoms with Crippen molar-refractivity contribution in [2.24, 2.45) is 5.41 Å². The Hall–Kier alpha value is -1.10. The second-order valence-corrected chi connectivity index (χ2v) is 5.22. The van der Waals surface area contributed by atoms with E-state index in [1.807, 2.05) is 6.92 Å². The van der Waals surface area contributed by atoms with Crippen LogP contribution < -0.4 is 0 Å². The van der Waals surface area contributed by atoms with E-state index in [2.05, 4.69) is 0 Å². The molecule has 5 heteroatoms. The van der Waals surface area contributed by atoms with Crippen LogP contribution in [0.25, 0.3) is 0 Å². The third-order valence-corrected chi connectivity index (χ3v) is 2.72. The van der Waals surface area contributed by atoms with Gasteiger partial charge in [0.25, 0.3) is 0 Å². The molecule has 1 unspecified atom stereocenters. The molecule has 0 aromatic carbocycles. The van der Waals surface area contributed by atoms with Crippen LogP contribution in [0.1, 0.15) is 33.6 Å². The summed E-state index contributed by atoms with van der Waals surface area (Å²) in [6.45, 7) is 5.94. The number of carbonyl (C=O) groups excluding carboxylic acids is 1. The second kappa shape index (κ2) is 6.59. The topological polar surface area (TPSA) is 66.8 Å². The fraction of sp³-hybridized carbons (Fsp3) is 0.833. The summed E-state index contributed by atoms with van der Waals surface area (Å²) < 4.78 is 4.98. The van der Waals surface area contributed by atoms with E-state index < -0.39 is 11.4 Å². The number of ether oxygens (including phenoxy) is 1. The van der Waals surface area contributed by atoms with Gasteiger partial charge in [-0.25, -0.2) is 0 Å². The number of amides is 1. The summed E-state index contributed by atoms with van der Waals surface area (Å²) in [6.07, 6.45) is 0.217. The van der Waals surface area contributed by atoms with Crippen molar-refractivity contribution in [1.82, 2.24) is 4.90 Å². The van der Waals surface area contributed by atoms with Crippen molar-refractivity contribution in [3.05, 3.63) is 0 Å². The Labute approximate surface area is 103 Å². The Balaban J connectivity index is 4.37. The predicted octanol–water partition coefficient (Wildman–Crippen LogP) is 1.37. The van der Waals surface area contributed by atoms with Crippen LogP contribution in [0.4, 0.5) is 0 Å². The summed E-state index contributed by atoms with van der Waals surface area (Å²) in [7, 11) is 3.30. The highest BCUT2D eigenvalue weighted by Crippen LogP contribution is 2.26. The number of carboxylic acids is 1. The molecule has 0 aliphatic carbocycles. The average molecular weight is 245 g/mol. The Bertz CT molecular complexity index is 276. The van der Waals surface area contributed by atoms with Crippen LogP contribution in [0.2, 0.25) is 0 Å². The normalized spacial score (nSPS) is 13.2. The molecule has 1 N–H and O–H groups in total. The highest BCUT2D eigenvalue weighted by Gasteiger charge is 2.27. The number of hydrogen-bond donors (Lipinski definition) is 1. The van der Waals surface area contributed by atoms with Gasteiger partial charge in [-0.1, -0.05) is 13.8 Å². The molecular formula is C12H23NO4. The number of methoxy groups -OCH3 is 1. The summed E-state index contributed by atoms with van der Waals surface area (Å²) in [4.78, 5) is 24.2. The summed E-state index contributed by atoms with van der Waals surface area (Å²) in [5.74, 6) is -0.934. The molecule has 0 spiro atoms. The van der Waals surface area contributed by atoms with E-state index in [4.69, 9.17) is 9.84 Å². The molecule has 1 atom stereocenters. The molecule has 5 nitrogen and oxygen atoms in total. The maximum Gasteiger partial charge on any atom is 0.303 e. The molecular weight excluding hydrogens is 222 g/mol. The van der Waals surface area contributed by atoms with Gasteiger partial charge in [-0.05, 0) is 12.3 Å². The van der Waals surface area contributed by atoms with Gasteiger partial charge in [0.15, 0.2) is 0 Å². The van der Waals surface area contributed by atoms with E-state index >= 15 is 0 Å². The van der Waals surface area contributed by atoms with Crippen LogP contribution in [0.5, 0.6) is 0 Å². The van der Waals surface area contributed by atoms with Gasteiger partial charge in [0, 0.05) is 20.6 Å². The molecule has 1 amide bonds. The molecule has 0 radical (unpaired) electrons. The first kappa shape index (κ1) is 15.9. The fourth-order valence-electron chi connectivity index (χ4n) is 1.60. The van der Waals surface area contributed by atoms with Gasteiger partial charge < -0.3 is 14.7 Å². The number of hydrogen-bond acceptors (Lipinski definition) is 3. The van der Waals surface area contributed by atoms with Crippen molar-refractivity contribution in [2.75, 3.05) is 20.8 Å². The SMILES string of the molecule is COCC(C)N(C)C(=O)CC(C)(C)CC(=O)O. The summed E-state index contributed by atoms with van der Waals surface area (Å²) in [6, 6.07) is -0.00636. The standard InChI is InChI=1S/C12H23NO4/c1-9(8-17-5)13(4)10(14)6-12(2,3)7-11(15)16/h9H,6-8H2,1-5H3,(H,15,16). The summed E-state index contributed by atoms with van der Waals surface area (Å²) >= 11 is 0. The molecule has 100 valence electrons.